The largest absolute Gasteiger partial charge is 0.354 e. The Morgan fingerprint density at radius 2 is 2.19 bits per heavy atom. The highest BCUT2D eigenvalue weighted by molar-refractivity contribution is 8.14. The van der Waals surface area contributed by atoms with E-state index in [4.69, 9.17) is 0 Å². The molecule has 1 N–H and O–H groups in total. The van der Waals surface area contributed by atoms with Crippen LogP contribution in [0.25, 0.3) is 10.2 Å². The van der Waals surface area contributed by atoms with Crippen LogP contribution in [0.5, 0.6) is 0 Å². The maximum absolute atomic E-state index is 12.1. The monoisotopic (exact) mass is 408 g/mol. The van der Waals surface area contributed by atoms with Crippen LogP contribution in [-0.4, -0.2) is 56.5 Å². The van der Waals surface area contributed by atoms with Gasteiger partial charge < -0.3 is 5.32 Å². The number of fused-ring (bicyclic) bond motifs is 3. The smallest absolute Gasteiger partial charge is 0.288 e. The van der Waals surface area contributed by atoms with Crippen LogP contribution in [0.4, 0.5) is 4.79 Å². The van der Waals surface area contributed by atoms with Crippen LogP contribution in [0.2, 0.25) is 0 Å². The number of thioether (sulfide) groups is 2. The van der Waals surface area contributed by atoms with Crippen molar-refractivity contribution >= 4 is 62.1 Å². The third-order valence-electron chi connectivity index (χ3n) is 4.30. The minimum Gasteiger partial charge on any atom is -0.354 e. The molecule has 26 heavy (non-hydrogen) atoms. The number of nitrogens with zero attached hydrogens (tertiary/aromatic N) is 3. The summed E-state index contributed by atoms with van der Waals surface area (Å²) in [6, 6.07) is 0. The topological polar surface area (TPSA) is 92.3 Å². The molecule has 2 aromatic rings. The van der Waals surface area contributed by atoms with Crippen molar-refractivity contribution in [1.82, 2.24) is 20.2 Å². The van der Waals surface area contributed by atoms with Crippen molar-refractivity contribution in [2.45, 2.75) is 24.3 Å². The van der Waals surface area contributed by atoms with Crippen molar-refractivity contribution < 1.29 is 14.4 Å². The third-order valence-corrected chi connectivity index (χ3v) is 7.35. The van der Waals surface area contributed by atoms with Gasteiger partial charge >= 0.3 is 0 Å². The Balaban J connectivity index is 1.33. The number of thiophene rings is 1. The first kappa shape index (κ1) is 17.7. The summed E-state index contributed by atoms with van der Waals surface area (Å²) in [5, 5.41) is 4.47. The maximum Gasteiger partial charge on any atom is 0.288 e. The van der Waals surface area contributed by atoms with E-state index in [2.05, 4.69) is 15.3 Å². The summed E-state index contributed by atoms with van der Waals surface area (Å²) < 4.78 is 0. The molecule has 0 spiro atoms. The van der Waals surface area contributed by atoms with E-state index in [9.17, 15) is 14.4 Å². The standard InChI is InChI=1S/C16H16N4O3S3/c21-11(17-4-5-20-12(22)7-25-16(20)23)6-24-14-13-9-2-1-3-10(9)26-15(13)19-8-18-14/h8H,1-7H2,(H,17,21). The van der Waals surface area contributed by atoms with E-state index in [1.54, 1.807) is 17.7 Å². The second-order valence-corrected chi connectivity index (χ2v) is 8.93. The van der Waals surface area contributed by atoms with Crippen molar-refractivity contribution in [3.63, 3.8) is 0 Å². The summed E-state index contributed by atoms with van der Waals surface area (Å²) in [6.45, 7) is 0.487. The molecule has 2 aromatic heterocycles. The van der Waals surface area contributed by atoms with Gasteiger partial charge in [-0.25, -0.2) is 9.97 Å². The van der Waals surface area contributed by atoms with Gasteiger partial charge in [0.25, 0.3) is 5.24 Å². The molecule has 0 bridgehead atoms. The van der Waals surface area contributed by atoms with Crippen LogP contribution in [-0.2, 0) is 22.4 Å². The van der Waals surface area contributed by atoms with Crippen molar-refractivity contribution in [3.8, 4) is 0 Å². The molecule has 1 aliphatic heterocycles. The first-order valence-corrected chi connectivity index (χ1v) is 11.0. The average molecular weight is 409 g/mol. The van der Waals surface area contributed by atoms with E-state index in [0.29, 0.717) is 0 Å². The molecular weight excluding hydrogens is 392 g/mol. The summed E-state index contributed by atoms with van der Waals surface area (Å²) in [6.07, 6.45) is 4.88. The lowest BCUT2D eigenvalue weighted by Crippen LogP contribution is -2.38. The number of carbonyl (C=O) groups is 3. The summed E-state index contributed by atoms with van der Waals surface area (Å²) in [4.78, 5) is 47.4. The highest BCUT2D eigenvalue weighted by Crippen LogP contribution is 2.39. The van der Waals surface area contributed by atoms with Gasteiger partial charge in [-0.2, -0.15) is 0 Å². The molecule has 0 atom stereocenters. The van der Waals surface area contributed by atoms with Crippen LogP contribution in [0.15, 0.2) is 11.4 Å². The van der Waals surface area contributed by atoms with Gasteiger partial charge in [0.15, 0.2) is 0 Å². The molecule has 2 aliphatic rings. The molecule has 1 fully saturated rings. The predicted octanol–water partition coefficient (Wildman–Crippen LogP) is 2.08. The SMILES string of the molecule is O=C(CSc1ncnc2sc3c(c12)CCC3)NCCN1C(=O)CSC1=O. The number of carbonyl (C=O) groups excluding carboxylic acids is 3. The molecule has 10 heteroatoms. The fourth-order valence-corrected chi connectivity index (χ4v) is 6.00. The molecule has 3 heterocycles. The summed E-state index contributed by atoms with van der Waals surface area (Å²) in [7, 11) is 0. The molecule has 136 valence electrons. The van der Waals surface area contributed by atoms with Crippen LogP contribution in [0.3, 0.4) is 0 Å². The zero-order valence-corrected chi connectivity index (χ0v) is 16.3. The van der Waals surface area contributed by atoms with Crippen molar-refractivity contribution in [1.29, 1.82) is 0 Å². The summed E-state index contributed by atoms with van der Waals surface area (Å²) >= 11 is 4.13. The van der Waals surface area contributed by atoms with E-state index in [1.165, 1.54) is 33.5 Å². The maximum atomic E-state index is 12.1. The quantitative estimate of drug-likeness (QED) is 0.578. The highest BCUT2D eigenvalue weighted by atomic mass is 32.2. The number of hydrogen-bond donors (Lipinski definition) is 1. The lowest BCUT2D eigenvalue weighted by atomic mass is 10.2. The third kappa shape index (κ3) is 3.45. The molecule has 7 nitrogen and oxygen atoms in total. The molecule has 0 unspecified atom stereocenters. The van der Waals surface area contributed by atoms with Gasteiger partial charge in [-0.05, 0) is 24.8 Å². The molecule has 0 saturated carbocycles. The van der Waals surface area contributed by atoms with Crippen molar-refractivity contribution in [2.24, 2.45) is 0 Å². The minimum atomic E-state index is -0.242. The Kier molecular flexibility index (Phi) is 5.14. The fraction of sp³-hybridized carbons (Fsp3) is 0.438. The lowest BCUT2D eigenvalue weighted by Gasteiger charge is -2.13. The molecule has 1 saturated heterocycles. The first-order chi connectivity index (χ1) is 12.6. The van der Waals surface area contributed by atoms with Gasteiger partial charge in [0.05, 0.1) is 11.5 Å². The predicted molar refractivity (Wildman–Crippen MR) is 103 cm³/mol. The Hall–Kier alpha value is -1.65. The van der Waals surface area contributed by atoms with Gasteiger partial charge in [0.2, 0.25) is 11.8 Å². The summed E-state index contributed by atoms with van der Waals surface area (Å²) in [5.41, 5.74) is 1.34. The Bertz CT molecular complexity index is 882. The van der Waals surface area contributed by atoms with Crippen molar-refractivity contribution in [3.05, 3.63) is 16.8 Å². The van der Waals surface area contributed by atoms with Crippen molar-refractivity contribution in [2.75, 3.05) is 24.6 Å². The summed E-state index contributed by atoms with van der Waals surface area (Å²) in [5.74, 6) is 0.101. The van der Waals surface area contributed by atoms with Gasteiger partial charge in [0, 0.05) is 23.4 Å². The number of nitrogens with one attached hydrogen (secondary N) is 1. The number of amides is 3. The van der Waals surface area contributed by atoms with Gasteiger partial charge in [-0.3, -0.25) is 19.3 Å². The van der Waals surface area contributed by atoms with Gasteiger partial charge in [-0.15, -0.1) is 11.3 Å². The fourth-order valence-electron chi connectivity index (χ4n) is 3.10. The molecule has 0 aromatic carbocycles. The van der Waals surface area contributed by atoms with E-state index in [-0.39, 0.29) is 41.6 Å². The zero-order valence-electron chi connectivity index (χ0n) is 13.8. The second-order valence-electron chi connectivity index (χ2n) is 5.95. The molecule has 0 radical (unpaired) electrons. The molecular formula is C16H16N4O3S3. The Labute approximate surface area is 162 Å². The normalized spacial score (nSPS) is 16.5. The van der Waals surface area contributed by atoms with E-state index < -0.39 is 0 Å². The van der Waals surface area contributed by atoms with Gasteiger partial charge in [-0.1, -0.05) is 23.5 Å². The number of aromatic nitrogens is 2. The van der Waals surface area contributed by atoms with Crippen LogP contribution in [0.1, 0.15) is 16.9 Å². The number of imide groups is 1. The van der Waals surface area contributed by atoms with E-state index in [0.717, 1.165) is 39.8 Å². The number of hydrogen-bond acceptors (Lipinski definition) is 8. The number of rotatable bonds is 6. The Morgan fingerprint density at radius 1 is 1.31 bits per heavy atom. The van der Waals surface area contributed by atoms with Gasteiger partial charge in [0.1, 0.15) is 16.2 Å². The molecule has 1 aliphatic carbocycles. The highest BCUT2D eigenvalue weighted by Gasteiger charge is 2.29. The van der Waals surface area contributed by atoms with Crippen LogP contribution >= 0.6 is 34.9 Å². The lowest BCUT2D eigenvalue weighted by molar-refractivity contribution is -0.125. The molecule has 3 amide bonds. The zero-order chi connectivity index (χ0) is 18.1. The molecule has 4 rings (SSSR count). The van der Waals surface area contributed by atoms with Crippen LogP contribution in [0, 0.1) is 0 Å². The minimum absolute atomic E-state index is 0.139. The first-order valence-electron chi connectivity index (χ1n) is 8.25. The second kappa shape index (κ2) is 7.53. The average Bonchev–Trinajstić information content (AvgIpc) is 3.29. The van der Waals surface area contributed by atoms with E-state index in [1.807, 2.05) is 0 Å². The van der Waals surface area contributed by atoms with E-state index >= 15 is 0 Å². The number of aryl methyl sites for hydroxylation is 2. The van der Waals surface area contributed by atoms with Crippen LogP contribution < -0.4 is 5.32 Å². The Morgan fingerprint density at radius 3 is 3.00 bits per heavy atom.